The third kappa shape index (κ3) is 5.36. The third-order valence-corrected chi connectivity index (χ3v) is 8.23. The highest BCUT2D eigenvalue weighted by atomic mass is 35.5. The minimum absolute atomic E-state index is 0.109. The molecule has 156 valence electrons. The van der Waals surface area contributed by atoms with Crippen LogP contribution in [0, 0.1) is 0 Å². The number of halogens is 1. The van der Waals surface area contributed by atoms with E-state index in [0.29, 0.717) is 23.0 Å². The van der Waals surface area contributed by atoms with Gasteiger partial charge in [0, 0.05) is 44.2 Å². The lowest BCUT2D eigenvalue weighted by Crippen LogP contribution is -2.51. The van der Waals surface area contributed by atoms with Crippen LogP contribution in [0.25, 0.3) is 0 Å². The number of amides is 2. The molecule has 29 heavy (non-hydrogen) atoms. The minimum atomic E-state index is -3.59. The van der Waals surface area contributed by atoms with Crippen LogP contribution < -0.4 is 5.32 Å². The molecular formula is C19H22ClN3O4S2. The van der Waals surface area contributed by atoms with Crippen LogP contribution in [-0.2, 0) is 14.8 Å². The number of hydrogen-bond acceptors (Lipinski definition) is 5. The van der Waals surface area contributed by atoms with E-state index in [9.17, 15) is 18.0 Å². The molecule has 2 heterocycles. The van der Waals surface area contributed by atoms with Gasteiger partial charge in [-0.3, -0.25) is 9.59 Å². The first-order chi connectivity index (χ1) is 13.8. The number of carbonyl (C=O) groups excluding carboxylic acids is 2. The van der Waals surface area contributed by atoms with Gasteiger partial charge in [-0.15, -0.1) is 11.3 Å². The van der Waals surface area contributed by atoms with Crippen LogP contribution in [0.4, 0.5) is 0 Å². The van der Waals surface area contributed by atoms with Crippen molar-refractivity contribution >= 4 is 44.8 Å². The summed E-state index contributed by atoms with van der Waals surface area (Å²) < 4.78 is 27.3. The van der Waals surface area contributed by atoms with E-state index in [-0.39, 0.29) is 41.6 Å². The second kappa shape index (κ2) is 9.25. The molecule has 1 aliphatic rings. The first-order valence-corrected chi connectivity index (χ1v) is 11.8. The van der Waals surface area contributed by atoms with Gasteiger partial charge in [-0.2, -0.15) is 4.31 Å². The van der Waals surface area contributed by atoms with Crippen LogP contribution in [0.5, 0.6) is 0 Å². The van der Waals surface area contributed by atoms with Crippen LogP contribution in [0.15, 0.2) is 46.7 Å². The Bertz CT molecular complexity index is 970. The number of nitrogens with one attached hydrogen (secondary N) is 1. The predicted octanol–water partition coefficient (Wildman–Crippen LogP) is 2.44. The van der Waals surface area contributed by atoms with Gasteiger partial charge in [0.15, 0.2) is 0 Å². The maximum Gasteiger partial charge on any atom is 0.252 e. The zero-order chi connectivity index (χ0) is 21.0. The van der Waals surface area contributed by atoms with Crippen molar-refractivity contribution in [3.05, 3.63) is 52.4 Å². The van der Waals surface area contributed by atoms with Crippen LogP contribution in [0.2, 0.25) is 4.34 Å². The fraction of sp³-hybridized carbons (Fsp3) is 0.368. The predicted molar refractivity (Wildman–Crippen MR) is 113 cm³/mol. The Labute approximate surface area is 179 Å². The fourth-order valence-electron chi connectivity index (χ4n) is 3.08. The van der Waals surface area contributed by atoms with Gasteiger partial charge in [-0.05, 0) is 31.2 Å². The lowest BCUT2D eigenvalue weighted by atomic mass is 10.1. The van der Waals surface area contributed by atoms with Gasteiger partial charge >= 0.3 is 0 Å². The average molecular weight is 456 g/mol. The van der Waals surface area contributed by atoms with E-state index in [1.165, 1.54) is 10.4 Å². The standard InChI is InChI=1S/C19H22ClN3O4S2/c1-14(21-19(25)15-5-3-2-4-6-15)13-17(24)22-9-11-23(12-10-22)29(26,27)18-8-7-16(20)28-18/h2-8,14H,9-13H2,1H3,(H,21,25). The molecule has 7 nitrogen and oxygen atoms in total. The van der Waals surface area contributed by atoms with Gasteiger partial charge < -0.3 is 10.2 Å². The summed E-state index contributed by atoms with van der Waals surface area (Å²) in [6.07, 6.45) is 0.159. The highest BCUT2D eigenvalue weighted by molar-refractivity contribution is 7.91. The van der Waals surface area contributed by atoms with E-state index in [2.05, 4.69) is 5.32 Å². The molecular weight excluding hydrogens is 434 g/mol. The molecule has 0 bridgehead atoms. The average Bonchev–Trinajstić information content (AvgIpc) is 3.16. The fourth-order valence-corrected chi connectivity index (χ4v) is 6.14. The molecule has 1 N–H and O–H groups in total. The molecule has 3 rings (SSSR count). The maximum atomic E-state index is 12.6. The highest BCUT2D eigenvalue weighted by Gasteiger charge is 2.31. The van der Waals surface area contributed by atoms with Crippen LogP contribution in [-0.4, -0.2) is 61.7 Å². The molecule has 1 saturated heterocycles. The quantitative estimate of drug-likeness (QED) is 0.724. The lowest BCUT2D eigenvalue weighted by molar-refractivity contribution is -0.132. The summed E-state index contributed by atoms with van der Waals surface area (Å²) in [4.78, 5) is 26.4. The summed E-state index contributed by atoms with van der Waals surface area (Å²) in [5.74, 6) is -0.335. The molecule has 0 radical (unpaired) electrons. The smallest absolute Gasteiger partial charge is 0.252 e. The molecule has 0 spiro atoms. The molecule has 1 unspecified atom stereocenters. The summed E-state index contributed by atoms with van der Waals surface area (Å²) in [5.41, 5.74) is 0.541. The largest absolute Gasteiger partial charge is 0.349 e. The van der Waals surface area contributed by atoms with Crippen LogP contribution in [0.1, 0.15) is 23.7 Å². The van der Waals surface area contributed by atoms with Gasteiger partial charge in [0.2, 0.25) is 5.91 Å². The van der Waals surface area contributed by atoms with E-state index < -0.39 is 10.0 Å². The van der Waals surface area contributed by atoms with Crippen molar-refractivity contribution < 1.29 is 18.0 Å². The van der Waals surface area contributed by atoms with E-state index in [1.54, 1.807) is 42.2 Å². The number of sulfonamides is 1. The summed E-state index contributed by atoms with van der Waals surface area (Å²) in [6, 6.07) is 11.5. The van der Waals surface area contributed by atoms with E-state index in [4.69, 9.17) is 11.6 Å². The van der Waals surface area contributed by atoms with Gasteiger partial charge in [0.05, 0.1) is 4.34 Å². The van der Waals surface area contributed by atoms with Crippen molar-refractivity contribution in [2.24, 2.45) is 0 Å². The number of nitrogens with zero attached hydrogens (tertiary/aromatic N) is 2. The van der Waals surface area contributed by atoms with Crippen molar-refractivity contribution in [1.29, 1.82) is 0 Å². The molecule has 2 aromatic rings. The van der Waals surface area contributed by atoms with E-state index in [0.717, 1.165) is 11.3 Å². The highest BCUT2D eigenvalue weighted by Crippen LogP contribution is 2.28. The summed E-state index contributed by atoms with van der Waals surface area (Å²) in [6.45, 7) is 2.87. The van der Waals surface area contributed by atoms with Crippen molar-refractivity contribution in [3.63, 3.8) is 0 Å². The monoisotopic (exact) mass is 455 g/mol. The number of hydrogen-bond donors (Lipinski definition) is 1. The first kappa shape index (κ1) is 21.8. The van der Waals surface area contributed by atoms with Gasteiger partial charge in [0.25, 0.3) is 15.9 Å². The second-order valence-electron chi connectivity index (χ2n) is 6.79. The summed E-state index contributed by atoms with van der Waals surface area (Å²) in [5, 5.41) is 2.82. The normalized spacial score (nSPS) is 16.4. The third-order valence-electron chi connectivity index (χ3n) is 4.63. The zero-order valence-corrected chi connectivity index (χ0v) is 18.3. The van der Waals surface area contributed by atoms with Crippen LogP contribution >= 0.6 is 22.9 Å². The Morgan fingerprint density at radius 2 is 1.76 bits per heavy atom. The minimum Gasteiger partial charge on any atom is -0.349 e. The molecule has 1 aromatic carbocycles. The molecule has 0 aliphatic carbocycles. The topological polar surface area (TPSA) is 86.8 Å². The summed E-state index contributed by atoms with van der Waals surface area (Å²) in [7, 11) is -3.59. The van der Waals surface area contributed by atoms with Gasteiger partial charge in [0.1, 0.15) is 4.21 Å². The molecule has 2 amide bonds. The number of carbonyl (C=O) groups is 2. The maximum absolute atomic E-state index is 12.6. The number of benzene rings is 1. The number of rotatable bonds is 6. The van der Waals surface area contributed by atoms with E-state index in [1.807, 2.05) is 6.07 Å². The zero-order valence-electron chi connectivity index (χ0n) is 15.9. The Hall–Kier alpha value is -1.94. The Morgan fingerprint density at radius 1 is 1.10 bits per heavy atom. The van der Waals surface area contributed by atoms with Crippen molar-refractivity contribution in [2.75, 3.05) is 26.2 Å². The van der Waals surface area contributed by atoms with Crippen molar-refractivity contribution in [3.8, 4) is 0 Å². The molecule has 10 heteroatoms. The molecule has 0 saturated carbocycles. The first-order valence-electron chi connectivity index (χ1n) is 9.16. The molecule has 1 aliphatic heterocycles. The van der Waals surface area contributed by atoms with Crippen molar-refractivity contribution in [1.82, 2.24) is 14.5 Å². The Morgan fingerprint density at radius 3 is 2.34 bits per heavy atom. The van der Waals surface area contributed by atoms with E-state index >= 15 is 0 Å². The Balaban J connectivity index is 1.50. The van der Waals surface area contributed by atoms with Crippen molar-refractivity contribution in [2.45, 2.75) is 23.6 Å². The number of thiophene rings is 1. The molecule has 1 aromatic heterocycles. The molecule has 1 atom stereocenters. The number of piperazine rings is 1. The SMILES string of the molecule is CC(CC(=O)N1CCN(S(=O)(=O)c2ccc(Cl)s2)CC1)NC(=O)c1ccccc1. The summed E-state index contributed by atoms with van der Waals surface area (Å²) >= 11 is 6.87. The Kier molecular flexibility index (Phi) is 6.94. The second-order valence-corrected chi connectivity index (χ2v) is 10.7. The van der Waals surface area contributed by atoms with Gasteiger partial charge in [-0.25, -0.2) is 8.42 Å². The lowest BCUT2D eigenvalue weighted by Gasteiger charge is -2.34. The molecule has 1 fully saturated rings. The van der Waals surface area contributed by atoms with Gasteiger partial charge in [-0.1, -0.05) is 29.8 Å². The van der Waals surface area contributed by atoms with Crippen LogP contribution in [0.3, 0.4) is 0 Å².